The molecule has 1 unspecified atom stereocenters. The molecule has 1 aliphatic heterocycles. The number of hydrogen-bond acceptors (Lipinski definition) is 5. The molecule has 0 aliphatic carbocycles. The predicted octanol–water partition coefficient (Wildman–Crippen LogP) is 2.21. The average Bonchev–Trinajstić information content (AvgIpc) is 2.86. The zero-order valence-electron chi connectivity index (χ0n) is 11.1. The summed E-state index contributed by atoms with van der Waals surface area (Å²) in [5, 5.41) is 11.1. The second-order valence-electron chi connectivity index (χ2n) is 5.29. The lowest BCUT2D eigenvalue weighted by Gasteiger charge is -2.33. The Hall–Kier alpha value is -0.360. The number of aliphatic hydroxyl groups excluding tert-OH is 1. The lowest BCUT2D eigenvalue weighted by Crippen LogP contribution is -2.43. The van der Waals surface area contributed by atoms with E-state index in [-0.39, 0.29) is 12.1 Å². The van der Waals surface area contributed by atoms with Crippen molar-refractivity contribution in [3.8, 4) is 0 Å². The van der Waals surface area contributed by atoms with Gasteiger partial charge in [-0.3, -0.25) is 4.90 Å². The Morgan fingerprint density at radius 2 is 2.28 bits per heavy atom. The molecule has 1 aromatic heterocycles. The van der Waals surface area contributed by atoms with Gasteiger partial charge in [0.15, 0.2) is 5.13 Å². The molecule has 1 aliphatic rings. The summed E-state index contributed by atoms with van der Waals surface area (Å²) in [4.78, 5) is 9.71. The van der Waals surface area contributed by atoms with E-state index in [9.17, 15) is 5.11 Å². The van der Waals surface area contributed by atoms with Crippen LogP contribution in [0.5, 0.6) is 0 Å². The van der Waals surface area contributed by atoms with E-state index < -0.39 is 0 Å². The lowest BCUT2D eigenvalue weighted by atomic mass is 10.0. The fraction of sp³-hybridized carbons (Fsp3) is 0.750. The number of rotatable bonds is 4. The fourth-order valence-electron chi connectivity index (χ4n) is 2.31. The van der Waals surface area contributed by atoms with Crippen molar-refractivity contribution in [2.45, 2.75) is 31.8 Å². The van der Waals surface area contributed by atoms with Gasteiger partial charge in [0.05, 0.1) is 11.5 Å². The minimum absolute atomic E-state index is 0.106. The molecular weight excluding hydrogens is 270 g/mol. The summed E-state index contributed by atoms with van der Waals surface area (Å²) in [6.07, 6.45) is 2.18. The van der Waals surface area contributed by atoms with Crippen LogP contribution < -0.4 is 4.90 Å². The standard InChI is InChI=1S/C12H20ClN3OS/c1-12(8-17)5-4-6-16(12)7-9-10(13)14-11(18-9)15(2)3/h17H,4-8H2,1-3H3. The van der Waals surface area contributed by atoms with Crippen LogP contribution in [0.2, 0.25) is 5.15 Å². The van der Waals surface area contributed by atoms with E-state index in [1.54, 1.807) is 11.3 Å². The largest absolute Gasteiger partial charge is 0.394 e. The van der Waals surface area contributed by atoms with Crippen LogP contribution in [0.3, 0.4) is 0 Å². The van der Waals surface area contributed by atoms with Gasteiger partial charge in [0.1, 0.15) is 5.15 Å². The number of aliphatic hydroxyl groups is 1. The molecule has 4 nitrogen and oxygen atoms in total. The molecule has 2 rings (SSSR count). The Labute approximate surface area is 117 Å². The monoisotopic (exact) mass is 289 g/mol. The average molecular weight is 290 g/mol. The van der Waals surface area contributed by atoms with Gasteiger partial charge in [0.2, 0.25) is 0 Å². The summed E-state index contributed by atoms with van der Waals surface area (Å²) in [7, 11) is 3.93. The van der Waals surface area contributed by atoms with Crippen LogP contribution in [0, 0.1) is 0 Å². The maximum atomic E-state index is 9.54. The van der Waals surface area contributed by atoms with Gasteiger partial charge < -0.3 is 10.0 Å². The minimum Gasteiger partial charge on any atom is -0.394 e. The quantitative estimate of drug-likeness (QED) is 0.922. The first-order valence-electron chi connectivity index (χ1n) is 6.15. The van der Waals surface area contributed by atoms with Gasteiger partial charge in [-0.15, -0.1) is 0 Å². The van der Waals surface area contributed by atoms with Crippen molar-refractivity contribution in [3.63, 3.8) is 0 Å². The molecule has 1 fully saturated rings. The highest BCUT2D eigenvalue weighted by Crippen LogP contribution is 2.35. The molecule has 1 saturated heterocycles. The molecule has 6 heteroatoms. The number of anilines is 1. The van der Waals surface area contributed by atoms with E-state index in [1.165, 1.54) is 0 Å². The zero-order chi connectivity index (χ0) is 13.3. The first kappa shape index (κ1) is 14.1. The lowest BCUT2D eigenvalue weighted by molar-refractivity contribution is 0.0741. The Balaban J connectivity index is 2.14. The smallest absolute Gasteiger partial charge is 0.186 e. The topological polar surface area (TPSA) is 39.6 Å². The molecule has 0 spiro atoms. The van der Waals surface area contributed by atoms with Gasteiger partial charge in [-0.2, -0.15) is 0 Å². The van der Waals surface area contributed by atoms with Crippen molar-refractivity contribution in [2.24, 2.45) is 0 Å². The summed E-state index contributed by atoms with van der Waals surface area (Å²) in [5.41, 5.74) is -0.106. The van der Waals surface area contributed by atoms with E-state index in [4.69, 9.17) is 11.6 Å². The summed E-state index contributed by atoms with van der Waals surface area (Å²) < 4.78 is 0. The summed E-state index contributed by atoms with van der Waals surface area (Å²) in [5.74, 6) is 0. The molecule has 1 atom stereocenters. The third-order valence-corrected chi connectivity index (χ3v) is 5.24. The molecule has 0 saturated carbocycles. The van der Waals surface area contributed by atoms with E-state index in [2.05, 4.69) is 16.8 Å². The maximum absolute atomic E-state index is 9.54. The number of nitrogens with zero attached hydrogens (tertiary/aromatic N) is 3. The molecule has 1 aromatic rings. The predicted molar refractivity (Wildman–Crippen MR) is 76.6 cm³/mol. The number of hydrogen-bond donors (Lipinski definition) is 1. The molecule has 18 heavy (non-hydrogen) atoms. The number of aromatic nitrogens is 1. The van der Waals surface area contributed by atoms with Crippen molar-refractivity contribution in [1.82, 2.24) is 9.88 Å². The van der Waals surface area contributed by atoms with E-state index in [0.29, 0.717) is 5.15 Å². The molecule has 0 aromatic carbocycles. The van der Waals surface area contributed by atoms with Crippen LogP contribution in [0.15, 0.2) is 0 Å². The third-order valence-electron chi connectivity index (χ3n) is 3.60. The summed E-state index contributed by atoms with van der Waals surface area (Å²) in [6.45, 7) is 4.11. The molecule has 1 N–H and O–H groups in total. The fourth-order valence-corrected chi connectivity index (χ4v) is 3.51. The molecule has 102 valence electrons. The number of halogens is 1. The van der Waals surface area contributed by atoms with E-state index in [0.717, 1.165) is 35.9 Å². The van der Waals surface area contributed by atoms with Crippen molar-refractivity contribution < 1.29 is 5.11 Å². The maximum Gasteiger partial charge on any atom is 0.186 e. The highest BCUT2D eigenvalue weighted by molar-refractivity contribution is 7.16. The molecule has 0 bridgehead atoms. The Kier molecular flexibility index (Phi) is 4.16. The molecule has 0 amide bonds. The zero-order valence-corrected chi connectivity index (χ0v) is 12.7. The van der Waals surface area contributed by atoms with Crippen molar-refractivity contribution >= 4 is 28.1 Å². The van der Waals surface area contributed by atoms with Gasteiger partial charge in [-0.1, -0.05) is 22.9 Å². The Morgan fingerprint density at radius 3 is 2.83 bits per heavy atom. The highest BCUT2D eigenvalue weighted by Gasteiger charge is 2.36. The van der Waals surface area contributed by atoms with Crippen LogP contribution in [-0.4, -0.2) is 47.8 Å². The van der Waals surface area contributed by atoms with Crippen LogP contribution in [0.4, 0.5) is 5.13 Å². The third kappa shape index (κ3) is 2.64. The Morgan fingerprint density at radius 1 is 1.56 bits per heavy atom. The number of thiazole rings is 1. The summed E-state index contributed by atoms with van der Waals surface area (Å²) >= 11 is 7.81. The normalized spacial score (nSPS) is 24.7. The van der Waals surface area contributed by atoms with E-state index >= 15 is 0 Å². The van der Waals surface area contributed by atoms with Crippen LogP contribution >= 0.6 is 22.9 Å². The molecular formula is C12H20ClN3OS. The van der Waals surface area contributed by atoms with Gasteiger partial charge in [0, 0.05) is 26.2 Å². The van der Waals surface area contributed by atoms with Crippen molar-refractivity contribution in [1.29, 1.82) is 0 Å². The molecule has 0 radical (unpaired) electrons. The first-order chi connectivity index (χ1) is 8.46. The van der Waals surface area contributed by atoms with Crippen LogP contribution in [-0.2, 0) is 6.54 Å². The van der Waals surface area contributed by atoms with E-state index in [1.807, 2.05) is 19.0 Å². The second kappa shape index (κ2) is 5.33. The van der Waals surface area contributed by atoms with Gasteiger partial charge >= 0.3 is 0 Å². The summed E-state index contributed by atoms with van der Waals surface area (Å²) in [6, 6.07) is 0. The van der Waals surface area contributed by atoms with Gasteiger partial charge in [-0.05, 0) is 26.3 Å². The first-order valence-corrected chi connectivity index (χ1v) is 7.34. The highest BCUT2D eigenvalue weighted by atomic mass is 35.5. The number of likely N-dealkylation sites (tertiary alicyclic amines) is 1. The van der Waals surface area contributed by atoms with Crippen molar-refractivity contribution in [2.75, 3.05) is 32.1 Å². The minimum atomic E-state index is -0.106. The Bertz CT molecular complexity index is 423. The molecule has 2 heterocycles. The SMILES string of the molecule is CN(C)c1nc(Cl)c(CN2CCCC2(C)CO)s1. The van der Waals surface area contributed by atoms with Gasteiger partial charge in [-0.25, -0.2) is 4.98 Å². The van der Waals surface area contributed by atoms with Crippen molar-refractivity contribution in [3.05, 3.63) is 10.0 Å². The second-order valence-corrected chi connectivity index (χ2v) is 6.71. The van der Waals surface area contributed by atoms with Crippen LogP contribution in [0.1, 0.15) is 24.6 Å². The van der Waals surface area contributed by atoms with Gasteiger partial charge in [0.25, 0.3) is 0 Å². The van der Waals surface area contributed by atoms with Crippen LogP contribution in [0.25, 0.3) is 0 Å².